The number of carbonyl (C=O) groups is 1. The molecule has 2 fully saturated rings. The smallest absolute Gasteiger partial charge is 0.360 e. The van der Waals surface area contributed by atoms with E-state index in [1.54, 1.807) is 4.57 Å². The first-order valence-electron chi connectivity index (χ1n) is 12.2. The highest BCUT2D eigenvalue weighted by atomic mass is 16.6. The zero-order valence-corrected chi connectivity index (χ0v) is 19.6. The highest BCUT2D eigenvalue weighted by Gasteiger charge is 2.35. The molecule has 1 aromatic carbocycles. The predicted molar refractivity (Wildman–Crippen MR) is 128 cm³/mol. The third kappa shape index (κ3) is 4.81. The molecule has 1 aliphatic carbocycles. The number of carboxylic acid groups (broad SMARTS) is 1. The van der Waals surface area contributed by atoms with E-state index in [0.29, 0.717) is 17.6 Å². The zero-order chi connectivity index (χ0) is 23.4. The molecule has 1 saturated heterocycles. The van der Waals surface area contributed by atoms with Crippen LogP contribution in [0.25, 0.3) is 11.0 Å². The molecular weight excluding hydrogens is 420 g/mol. The van der Waals surface area contributed by atoms with E-state index in [1.165, 1.54) is 39.2 Å². The van der Waals surface area contributed by atoms with E-state index >= 15 is 0 Å². The molecule has 0 amide bonds. The molecule has 2 aromatic rings. The van der Waals surface area contributed by atoms with Gasteiger partial charge >= 0.3 is 5.97 Å². The number of benzene rings is 1. The first-order chi connectivity index (χ1) is 16.0. The van der Waals surface area contributed by atoms with Crippen LogP contribution in [0.15, 0.2) is 34.2 Å². The van der Waals surface area contributed by atoms with E-state index < -0.39 is 17.2 Å². The molecule has 8 nitrogen and oxygen atoms in total. The molecule has 1 saturated carbocycles. The number of piperidine rings is 1. The summed E-state index contributed by atoms with van der Waals surface area (Å²) in [5.74, 6) is -1.33. The van der Waals surface area contributed by atoms with E-state index in [9.17, 15) is 14.7 Å². The maximum Gasteiger partial charge on any atom is 0.360 e. The van der Waals surface area contributed by atoms with Crippen LogP contribution in [0, 0.1) is 0 Å². The highest BCUT2D eigenvalue weighted by Crippen LogP contribution is 2.35. The predicted octanol–water partition coefficient (Wildman–Crippen LogP) is 3.97. The second-order valence-electron chi connectivity index (χ2n) is 9.20. The van der Waals surface area contributed by atoms with Gasteiger partial charge in [0.2, 0.25) is 5.71 Å². The molecule has 1 N–H and O–H groups in total. The minimum atomic E-state index is -1.33. The van der Waals surface area contributed by atoms with Gasteiger partial charge < -0.3 is 14.5 Å². The highest BCUT2D eigenvalue weighted by molar-refractivity contribution is 6.41. The first-order valence-corrected chi connectivity index (χ1v) is 12.2. The maximum absolute atomic E-state index is 13.6. The standard InChI is InChI=1S/C25H34N4O4/c1-3-9-18-16-19(14-15-28(18)17-10-5-4-6-11-17)29-21-13-8-7-12-20(21)26-22(24(29)30)23(25(31)32)27-33-2/h7-8,12-13,17-19H,3-6,9-11,14-16H2,1-2H3,(H,31,32)/b27-23-/t18-,19-/m1/s1. The van der Waals surface area contributed by atoms with Crippen LogP contribution in [-0.2, 0) is 9.63 Å². The Morgan fingerprint density at radius 3 is 2.64 bits per heavy atom. The van der Waals surface area contributed by atoms with E-state index in [2.05, 4.69) is 22.0 Å². The molecule has 1 aliphatic heterocycles. The summed E-state index contributed by atoms with van der Waals surface area (Å²) in [5, 5.41) is 13.2. The fourth-order valence-electron chi connectivity index (χ4n) is 5.74. The van der Waals surface area contributed by atoms with Gasteiger partial charge in [-0.05, 0) is 44.2 Å². The molecular formula is C25H34N4O4. The summed E-state index contributed by atoms with van der Waals surface area (Å²) < 4.78 is 1.77. The molecule has 4 rings (SSSR count). The average molecular weight is 455 g/mol. The molecule has 2 heterocycles. The molecule has 0 bridgehead atoms. The Hall–Kier alpha value is -2.74. The van der Waals surface area contributed by atoms with Gasteiger partial charge in [-0.25, -0.2) is 9.78 Å². The summed E-state index contributed by atoms with van der Waals surface area (Å²) in [4.78, 5) is 37.2. The lowest BCUT2D eigenvalue weighted by atomic mass is 9.87. The molecule has 178 valence electrons. The number of rotatable bonds is 7. The van der Waals surface area contributed by atoms with Crippen LogP contribution >= 0.6 is 0 Å². The number of nitrogens with zero attached hydrogens (tertiary/aromatic N) is 4. The Kier molecular flexibility index (Phi) is 7.42. The van der Waals surface area contributed by atoms with Crippen LogP contribution in [0.2, 0.25) is 0 Å². The van der Waals surface area contributed by atoms with E-state index in [4.69, 9.17) is 4.84 Å². The number of hydrogen-bond donors (Lipinski definition) is 1. The quantitative estimate of drug-likeness (QED) is 0.502. The SMILES string of the molecule is CCC[C@@H]1C[C@H](n2c(=O)c(/C(=N/OC)C(=O)O)nc3ccccc32)CCN1C1CCCCC1. The molecule has 0 radical (unpaired) electrons. The second kappa shape index (κ2) is 10.5. The maximum atomic E-state index is 13.6. The Morgan fingerprint density at radius 1 is 1.18 bits per heavy atom. The van der Waals surface area contributed by atoms with Crippen molar-refractivity contribution in [1.82, 2.24) is 14.5 Å². The van der Waals surface area contributed by atoms with E-state index in [1.807, 2.05) is 24.3 Å². The summed E-state index contributed by atoms with van der Waals surface area (Å²) in [5.41, 5.74) is 0.258. The molecule has 0 unspecified atom stereocenters. The Morgan fingerprint density at radius 2 is 1.94 bits per heavy atom. The number of carboxylic acids is 1. The van der Waals surface area contributed by atoms with Gasteiger partial charge in [0.05, 0.1) is 11.0 Å². The van der Waals surface area contributed by atoms with Crippen molar-refractivity contribution in [2.24, 2.45) is 5.16 Å². The summed E-state index contributed by atoms with van der Waals surface area (Å²) in [6, 6.07) is 8.48. The molecule has 2 aliphatic rings. The zero-order valence-electron chi connectivity index (χ0n) is 19.6. The Bertz CT molecular complexity index is 1070. The Balaban J connectivity index is 1.75. The molecule has 2 atom stereocenters. The number of hydrogen-bond acceptors (Lipinski definition) is 6. The lowest BCUT2D eigenvalue weighted by Crippen LogP contribution is -2.50. The lowest BCUT2D eigenvalue weighted by molar-refractivity contribution is -0.129. The van der Waals surface area contributed by atoms with Gasteiger partial charge in [-0.3, -0.25) is 9.69 Å². The van der Waals surface area contributed by atoms with Gasteiger partial charge in [0.1, 0.15) is 7.11 Å². The van der Waals surface area contributed by atoms with Crippen LogP contribution in [0.3, 0.4) is 0 Å². The van der Waals surface area contributed by atoms with Crippen molar-refractivity contribution in [1.29, 1.82) is 0 Å². The number of aromatic nitrogens is 2. The van der Waals surface area contributed by atoms with Gasteiger partial charge in [-0.1, -0.05) is 49.9 Å². The number of para-hydroxylation sites is 2. The summed E-state index contributed by atoms with van der Waals surface area (Å²) in [6.45, 7) is 3.17. The normalized spacial score (nSPS) is 23.0. The number of oxime groups is 1. The van der Waals surface area contributed by atoms with E-state index in [0.717, 1.165) is 37.7 Å². The monoisotopic (exact) mass is 454 g/mol. The third-order valence-corrected chi connectivity index (χ3v) is 7.17. The Labute approximate surface area is 194 Å². The minimum Gasteiger partial charge on any atom is -0.476 e. The molecule has 8 heteroatoms. The average Bonchev–Trinajstić information content (AvgIpc) is 2.83. The van der Waals surface area contributed by atoms with E-state index in [-0.39, 0.29) is 11.7 Å². The van der Waals surface area contributed by atoms with Gasteiger partial charge in [0, 0.05) is 24.7 Å². The topological polar surface area (TPSA) is 97.0 Å². The van der Waals surface area contributed by atoms with Crippen molar-refractivity contribution in [3.05, 3.63) is 40.3 Å². The molecule has 1 aromatic heterocycles. The van der Waals surface area contributed by atoms with Crippen molar-refractivity contribution in [2.45, 2.75) is 82.8 Å². The summed E-state index contributed by atoms with van der Waals surface area (Å²) in [7, 11) is 1.26. The first kappa shape index (κ1) is 23.4. The summed E-state index contributed by atoms with van der Waals surface area (Å²) >= 11 is 0. The van der Waals surface area contributed by atoms with Crippen molar-refractivity contribution in [3.8, 4) is 0 Å². The fraction of sp³-hybridized carbons (Fsp3) is 0.600. The number of fused-ring (bicyclic) bond motifs is 1. The van der Waals surface area contributed by atoms with Gasteiger partial charge in [-0.15, -0.1) is 0 Å². The van der Waals surface area contributed by atoms with Crippen molar-refractivity contribution in [3.63, 3.8) is 0 Å². The summed E-state index contributed by atoms with van der Waals surface area (Å²) in [6.07, 6.45) is 10.4. The largest absolute Gasteiger partial charge is 0.476 e. The van der Waals surface area contributed by atoms with Crippen molar-refractivity contribution >= 4 is 22.7 Å². The number of likely N-dealkylation sites (tertiary alicyclic amines) is 1. The van der Waals surface area contributed by atoms with Crippen molar-refractivity contribution in [2.75, 3.05) is 13.7 Å². The second-order valence-corrected chi connectivity index (χ2v) is 9.20. The van der Waals surface area contributed by atoms with Gasteiger partial charge in [0.15, 0.2) is 5.69 Å². The van der Waals surface area contributed by atoms with Crippen molar-refractivity contribution < 1.29 is 14.7 Å². The molecule has 33 heavy (non-hydrogen) atoms. The third-order valence-electron chi connectivity index (χ3n) is 7.17. The van der Waals surface area contributed by atoms with Crippen LogP contribution in [0.5, 0.6) is 0 Å². The minimum absolute atomic E-state index is 0.0156. The van der Waals surface area contributed by atoms with Gasteiger partial charge in [0.25, 0.3) is 5.56 Å². The number of aliphatic carboxylic acids is 1. The lowest BCUT2D eigenvalue weighted by Gasteiger charge is -2.45. The molecule has 0 spiro atoms. The van der Waals surface area contributed by atoms with Crippen LogP contribution in [0.1, 0.15) is 76.4 Å². The van der Waals surface area contributed by atoms with Crippen LogP contribution in [-0.4, -0.2) is 57.0 Å². The van der Waals surface area contributed by atoms with Crippen LogP contribution < -0.4 is 5.56 Å². The fourth-order valence-corrected chi connectivity index (χ4v) is 5.74. The van der Waals surface area contributed by atoms with Gasteiger partial charge in [-0.2, -0.15) is 0 Å². The van der Waals surface area contributed by atoms with Crippen LogP contribution in [0.4, 0.5) is 0 Å².